The summed E-state index contributed by atoms with van der Waals surface area (Å²) < 4.78 is 0. The van der Waals surface area contributed by atoms with E-state index in [2.05, 4.69) is 0 Å². The number of anilines is 1. The van der Waals surface area contributed by atoms with Crippen LogP contribution in [-0.4, -0.2) is 5.11 Å². The van der Waals surface area contributed by atoms with Gasteiger partial charge in [0.1, 0.15) is 11.1 Å². The average molecular weight is 244 g/mol. The number of nitrogens with zero attached hydrogens (tertiary/aromatic N) is 1. The van der Waals surface area contributed by atoms with Gasteiger partial charge in [-0.2, -0.15) is 0 Å². The lowest BCUT2D eigenvalue weighted by atomic mass is 10.2. The molecule has 2 aromatic rings. The summed E-state index contributed by atoms with van der Waals surface area (Å²) >= 11 is 1.65. The number of nitrogens with two attached hydrogens (primary N) is 1. The van der Waals surface area contributed by atoms with Crippen LogP contribution in [0.3, 0.4) is 0 Å². The highest BCUT2D eigenvalue weighted by molar-refractivity contribution is 8.00. The van der Waals surface area contributed by atoms with Gasteiger partial charge in [0.25, 0.3) is 0 Å². The number of hydrogen-bond acceptors (Lipinski definition) is 4. The minimum atomic E-state index is -0.0615. The Morgan fingerprint density at radius 3 is 2.53 bits per heavy atom. The summed E-state index contributed by atoms with van der Waals surface area (Å²) in [5.74, 6) is 6.38. The fraction of sp³-hybridized carbons (Fsp3) is 0.0769. The number of phenolic OH excluding ortho intramolecular Hbond substituents is 1. The minimum absolute atomic E-state index is 0.0615. The van der Waals surface area contributed by atoms with Crippen molar-refractivity contribution in [2.45, 2.75) is 10.3 Å². The molecular formula is C13H12N2OS. The van der Waals surface area contributed by atoms with Crippen molar-refractivity contribution < 1.29 is 5.11 Å². The van der Waals surface area contributed by atoms with Crippen molar-refractivity contribution in [1.82, 2.24) is 0 Å². The van der Waals surface area contributed by atoms with E-state index in [9.17, 15) is 5.11 Å². The molecule has 0 radical (unpaired) electrons. The van der Waals surface area contributed by atoms with Gasteiger partial charge in [0, 0.05) is 10.5 Å². The second-order valence-electron chi connectivity index (χ2n) is 3.90. The zero-order chi connectivity index (χ0) is 11.8. The molecule has 86 valence electrons. The van der Waals surface area contributed by atoms with Crippen LogP contribution in [0.5, 0.6) is 5.75 Å². The molecule has 3 rings (SSSR count). The van der Waals surface area contributed by atoms with Gasteiger partial charge in [0.15, 0.2) is 0 Å². The van der Waals surface area contributed by atoms with Crippen LogP contribution < -0.4 is 10.9 Å². The number of aromatic hydroxyl groups is 1. The van der Waals surface area contributed by atoms with E-state index in [1.807, 2.05) is 42.5 Å². The first-order valence-electron chi connectivity index (χ1n) is 5.35. The number of hydrogen-bond donors (Lipinski definition) is 2. The predicted molar refractivity (Wildman–Crippen MR) is 69.8 cm³/mol. The Hall–Kier alpha value is -1.65. The van der Waals surface area contributed by atoms with Gasteiger partial charge < -0.3 is 5.11 Å². The van der Waals surface area contributed by atoms with Crippen molar-refractivity contribution in [1.29, 1.82) is 0 Å². The van der Waals surface area contributed by atoms with Crippen LogP contribution in [-0.2, 0) is 0 Å². The Morgan fingerprint density at radius 1 is 1.06 bits per heavy atom. The largest absolute Gasteiger partial charge is 0.508 e. The summed E-state index contributed by atoms with van der Waals surface area (Å²) in [6, 6.07) is 15.3. The molecular weight excluding hydrogens is 232 g/mol. The van der Waals surface area contributed by atoms with Crippen LogP contribution in [0.25, 0.3) is 0 Å². The Morgan fingerprint density at radius 2 is 1.76 bits per heavy atom. The zero-order valence-electron chi connectivity index (χ0n) is 9.08. The van der Waals surface area contributed by atoms with E-state index in [0.717, 1.165) is 16.1 Å². The summed E-state index contributed by atoms with van der Waals surface area (Å²) in [6.07, 6.45) is 0. The first kappa shape index (κ1) is 10.5. The second-order valence-corrected chi connectivity index (χ2v) is 5.03. The number of benzene rings is 2. The molecule has 2 aromatic carbocycles. The highest BCUT2D eigenvalue weighted by Gasteiger charge is 2.30. The molecule has 0 spiro atoms. The molecule has 0 aromatic heterocycles. The van der Waals surface area contributed by atoms with Gasteiger partial charge in [-0.05, 0) is 18.2 Å². The summed E-state index contributed by atoms with van der Waals surface area (Å²) in [6.45, 7) is 0. The van der Waals surface area contributed by atoms with E-state index >= 15 is 0 Å². The maximum atomic E-state index is 9.87. The number of thioether (sulfide) groups is 1. The highest BCUT2D eigenvalue weighted by atomic mass is 32.2. The van der Waals surface area contributed by atoms with Gasteiger partial charge >= 0.3 is 0 Å². The smallest absolute Gasteiger partial charge is 0.124 e. The second kappa shape index (κ2) is 3.98. The predicted octanol–water partition coefficient (Wildman–Crippen LogP) is 2.88. The lowest BCUT2D eigenvalue weighted by Gasteiger charge is -2.21. The van der Waals surface area contributed by atoms with Gasteiger partial charge in [-0.25, -0.2) is 5.84 Å². The maximum absolute atomic E-state index is 9.87. The van der Waals surface area contributed by atoms with Crippen LogP contribution in [0.4, 0.5) is 5.69 Å². The molecule has 1 heterocycles. The fourth-order valence-electron chi connectivity index (χ4n) is 1.98. The first-order chi connectivity index (χ1) is 8.27. The van der Waals surface area contributed by atoms with Crippen LogP contribution in [0, 0.1) is 0 Å². The summed E-state index contributed by atoms with van der Waals surface area (Å²) in [7, 11) is 0. The van der Waals surface area contributed by atoms with E-state index in [1.54, 1.807) is 22.8 Å². The third-order valence-corrected chi connectivity index (χ3v) is 4.14. The Balaban J connectivity index is 2.02. The van der Waals surface area contributed by atoms with Crippen LogP contribution >= 0.6 is 11.8 Å². The third-order valence-electron chi connectivity index (χ3n) is 2.84. The maximum Gasteiger partial charge on any atom is 0.124 e. The van der Waals surface area contributed by atoms with E-state index < -0.39 is 0 Å². The van der Waals surface area contributed by atoms with Crippen LogP contribution in [0.2, 0.25) is 0 Å². The molecule has 4 heteroatoms. The number of rotatable bonds is 1. The molecule has 0 saturated carbocycles. The number of hydrazine groups is 1. The number of phenols is 1. The van der Waals surface area contributed by atoms with Crippen molar-refractivity contribution in [2.75, 3.05) is 5.01 Å². The number of para-hydroxylation sites is 2. The van der Waals surface area contributed by atoms with Crippen LogP contribution in [0.1, 0.15) is 10.9 Å². The van der Waals surface area contributed by atoms with Gasteiger partial charge in [-0.15, -0.1) is 0 Å². The molecule has 0 saturated heterocycles. The molecule has 1 aliphatic rings. The van der Waals surface area contributed by atoms with E-state index in [1.165, 1.54) is 0 Å². The lowest BCUT2D eigenvalue weighted by molar-refractivity contribution is 0.467. The lowest BCUT2D eigenvalue weighted by Crippen LogP contribution is -2.30. The van der Waals surface area contributed by atoms with Crippen molar-refractivity contribution >= 4 is 17.4 Å². The minimum Gasteiger partial charge on any atom is -0.508 e. The van der Waals surface area contributed by atoms with Crippen molar-refractivity contribution in [3.8, 4) is 5.75 Å². The van der Waals surface area contributed by atoms with Gasteiger partial charge in [-0.3, -0.25) is 5.01 Å². The summed E-state index contributed by atoms with van der Waals surface area (Å²) in [4.78, 5) is 1.14. The number of fused-ring (bicyclic) bond motifs is 1. The molecule has 1 aliphatic heterocycles. The fourth-order valence-corrected chi connectivity index (χ4v) is 3.23. The van der Waals surface area contributed by atoms with Crippen molar-refractivity contribution in [2.24, 2.45) is 5.84 Å². The van der Waals surface area contributed by atoms with E-state index in [-0.39, 0.29) is 11.1 Å². The zero-order valence-corrected chi connectivity index (χ0v) is 9.89. The standard InChI is InChI=1S/C13H12N2OS/c14-15-10-6-2-4-8-12(10)17-13(15)9-5-1-3-7-11(9)16/h1-8,13,16H,14H2/t13-/m1/s1. The topological polar surface area (TPSA) is 49.5 Å². The monoisotopic (exact) mass is 244 g/mol. The summed E-state index contributed by atoms with van der Waals surface area (Å²) in [5, 5.41) is 11.5. The Labute approximate surface area is 104 Å². The van der Waals surface area contributed by atoms with Gasteiger partial charge in [-0.1, -0.05) is 42.1 Å². The molecule has 1 atom stereocenters. The molecule has 3 N–H and O–H groups in total. The Bertz CT molecular complexity index is 559. The molecule has 0 amide bonds. The molecule has 0 bridgehead atoms. The summed E-state index contributed by atoms with van der Waals surface area (Å²) in [5.41, 5.74) is 1.85. The molecule has 0 unspecified atom stereocenters. The van der Waals surface area contributed by atoms with Gasteiger partial charge in [0.05, 0.1) is 5.69 Å². The molecule has 17 heavy (non-hydrogen) atoms. The van der Waals surface area contributed by atoms with Crippen LogP contribution in [0.15, 0.2) is 53.4 Å². The SMILES string of the molecule is NN1c2ccccc2S[C@@H]1c1ccccc1O. The van der Waals surface area contributed by atoms with E-state index in [4.69, 9.17) is 5.84 Å². The normalized spacial score (nSPS) is 18.2. The third kappa shape index (κ3) is 1.66. The van der Waals surface area contributed by atoms with Gasteiger partial charge in [0.2, 0.25) is 0 Å². The highest BCUT2D eigenvalue weighted by Crippen LogP contribution is 2.50. The van der Waals surface area contributed by atoms with Crippen molar-refractivity contribution in [3.05, 3.63) is 54.1 Å². The average Bonchev–Trinajstić information content (AvgIpc) is 2.68. The van der Waals surface area contributed by atoms with E-state index in [0.29, 0.717) is 0 Å². The molecule has 0 aliphatic carbocycles. The molecule has 0 fully saturated rings. The molecule has 3 nitrogen and oxygen atoms in total. The first-order valence-corrected chi connectivity index (χ1v) is 6.23. The van der Waals surface area contributed by atoms with Crippen molar-refractivity contribution in [3.63, 3.8) is 0 Å². The Kier molecular flexibility index (Phi) is 2.46. The quantitative estimate of drug-likeness (QED) is 0.757.